The van der Waals surface area contributed by atoms with Gasteiger partial charge < -0.3 is 4.74 Å². The number of carbonyl (C=O) groups excluding carboxylic acids is 1. The summed E-state index contributed by atoms with van der Waals surface area (Å²) < 4.78 is 5.44. The third-order valence-electron chi connectivity index (χ3n) is 3.98. The van der Waals surface area contributed by atoms with Crippen molar-refractivity contribution >= 4 is 28.1 Å². The van der Waals surface area contributed by atoms with Crippen LogP contribution in [0.4, 0.5) is 0 Å². The summed E-state index contributed by atoms with van der Waals surface area (Å²) in [6.07, 6.45) is 0.516. The Labute approximate surface area is 152 Å². The Morgan fingerprint density at radius 2 is 1.88 bits per heavy atom. The van der Waals surface area contributed by atoms with Crippen LogP contribution in [0.2, 0.25) is 0 Å². The number of H-pyrrole nitrogens is 1. The molecule has 0 radical (unpaired) electrons. The molecule has 4 rings (SSSR count). The number of thiophene rings is 1. The van der Waals surface area contributed by atoms with Crippen LogP contribution in [-0.2, 0) is 6.42 Å². The van der Waals surface area contributed by atoms with Crippen LogP contribution in [0.25, 0.3) is 10.8 Å². The number of hydrogen-bond acceptors (Lipinski definition) is 5. The maximum Gasteiger partial charge on any atom is 0.353 e. The summed E-state index contributed by atoms with van der Waals surface area (Å²) in [4.78, 5) is 24.5. The second-order valence-electron chi connectivity index (χ2n) is 5.74. The lowest BCUT2D eigenvalue weighted by molar-refractivity contribution is 0.0740. The largest absolute Gasteiger partial charge is 0.422 e. The van der Waals surface area contributed by atoms with Crippen molar-refractivity contribution in [2.45, 2.75) is 6.42 Å². The second-order valence-corrected chi connectivity index (χ2v) is 6.68. The first-order valence-corrected chi connectivity index (χ1v) is 8.89. The molecule has 2 heterocycles. The molecule has 6 heteroatoms. The highest BCUT2D eigenvalue weighted by molar-refractivity contribution is 7.12. The highest BCUT2D eigenvalue weighted by atomic mass is 32.1. The fourth-order valence-electron chi connectivity index (χ4n) is 2.77. The zero-order chi connectivity index (χ0) is 17.9. The van der Waals surface area contributed by atoms with E-state index < -0.39 is 0 Å². The van der Waals surface area contributed by atoms with Gasteiger partial charge in [-0.3, -0.25) is 4.79 Å². The Balaban J connectivity index is 1.61. The van der Waals surface area contributed by atoms with Crippen molar-refractivity contribution < 1.29 is 9.53 Å². The van der Waals surface area contributed by atoms with Gasteiger partial charge in [-0.15, -0.1) is 11.3 Å². The van der Waals surface area contributed by atoms with Crippen molar-refractivity contribution in [1.82, 2.24) is 10.2 Å². The topological polar surface area (TPSA) is 72.0 Å². The summed E-state index contributed by atoms with van der Waals surface area (Å²) >= 11 is 1.34. The normalized spacial score (nSPS) is 10.8. The molecular weight excluding hydrogens is 348 g/mol. The molecule has 2 aromatic heterocycles. The maximum absolute atomic E-state index is 12.1. The number of aromatic nitrogens is 2. The van der Waals surface area contributed by atoms with Crippen molar-refractivity contribution in [1.29, 1.82) is 0 Å². The molecule has 26 heavy (non-hydrogen) atoms. The minimum atomic E-state index is -0.371. The molecule has 0 aliphatic carbocycles. The van der Waals surface area contributed by atoms with E-state index in [1.165, 1.54) is 11.3 Å². The summed E-state index contributed by atoms with van der Waals surface area (Å²) in [5.74, 6) is 0.111. The van der Waals surface area contributed by atoms with Crippen molar-refractivity contribution in [3.05, 3.63) is 92.5 Å². The fourth-order valence-corrected chi connectivity index (χ4v) is 3.37. The number of esters is 1. The van der Waals surface area contributed by atoms with Gasteiger partial charge >= 0.3 is 5.97 Å². The lowest BCUT2D eigenvalue weighted by atomic mass is 10.0. The number of carbonyl (C=O) groups is 1. The molecule has 0 bridgehead atoms. The number of rotatable bonds is 4. The molecule has 4 aromatic rings. The number of hydrogen-bond donors (Lipinski definition) is 1. The Morgan fingerprint density at radius 3 is 2.69 bits per heavy atom. The van der Waals surface area contributed by atoms with E-state index in [2.05, 4.69) is 10.2 Å². The average Bonchev–Trinajstić information content (AvgIpc) is 3.20. The fraction of sp³-hybridized carbons (Fsp3) is 0.0500. The SMILES string of the molecule is O=C(Oc1cccc(Cc2n[nH]c(=O)c3ccccc23)c1)c1cccs1. The van der Waals surface area contributed by atoms with Crippen LogP contribution in [0.1, 0.15) is 20.9 Å². The third-order valence-corrected chi connectivity index (χ3v) is 4.83. The molecule has 0 aliphatic rings. The van der Waals surface area contributed by atoms with Crippen LogP contribution in [0.15, 0.2) is 70.8 Å². The minimum Gasteiger partial charge on any atom is -0.422 e. The Hall–Kier alpha value is -3.25. The molecule has 0 saturated carbocycles. The summed E-state index contributed by atoms with van der Waals surface area (Å²) in [5, 5.41) is 9.99. The first kappa shape index (κ1) is 16.2. The van der Waals surface area contributed by atoms with Crippen molar-refractivity contribution in [3.63, 3.8) is 0 Å². The van der Waals surface area contributed by atoms with Crippen LogP contribution >= 0.6 is 11.3 Å². The number of aromatic amines is 1. The zero-order valence-electron chi connectivity index (χ0n) is 13.6. The number of fused-ring (bicyclic) bond motifs is 1. The summed E-state index contributed by atoms with van der Waals surface area (Å²) in [6.45, 7) is 0. The number of benzene rings is 2. The molecule has 0 amide bonds. The van der Waals surface area contributed by atoms with E-state index in [4.69, 9.17) is 4.74 Å². The van der Waals surface area contributed by atoms with Gasteiger partial charge in [-0.25, -0.2) is 9.89 Å². The monoisotopic (exact) mass is 362 g/mol. The van der Waals surface area contributed by atoms with Gasteiger partial charge in [0.2, 0.25) is 0 Å². The van der Waals surface area contributed by atoms with Gasteiger partial charge in [0.05, 0.1) is 11.1 Å². The molecule has 0 unspecified atom stereocenters. The molecule has 1 N–H and O–H groups in total. The lowest BCUT2D eigenvalue weighted by Crippen LogP contribution is -2.11. The first-order valence-electron chi connectivity index (χ1n) is 8.01. The lowest BCUT2D eigenvalue weighted by Gasteiger charge is -2.07. The van der Waals surface area contributed by atoms with E-state index in [0.29, 0.717) is 22.4 Å². The molecular formula is C20H14N2O3S. The van der Waals surface area contributed by atoms with Gasteiger partial charge in [-0.05, 0) is 35.2 Å². The molecule has 0 saturated heterocycles. The number of nitrogens with one attached hydrogen (secondary N) is 1. The Bertz CT molecular complexity index is 1130. The summed E-state index contributed by atoms with van der Waals surface area (Å²) in [6, 6.07) is 18.2. The van der Waals surface area contributed by atoms with Crippen LogP contribution < -0.4 is 10.3 Å². The number of ether oxygens (including phenoxy) is 1. The maximum atomic E-state index is 12.1. The van der Waals surface area contributed by atoms with Crippen molar-refractivity contribution in [2.24, 2.45) is 0 Å². The average molecular weight is 362 g/mol. The van der Waals surface area contributed by atoms with Gasteiger partial charge in [0.1, 0.15) is 10.6 Å². The number of nitrogens with zero attached hydrogens (tertiary/aromatic N) is 1. The Morgan fingerprint density at radius 1 is 1.04 bits per heavy atom. The van der Waals surface area contributed by atoms with Crippen LogP contribution in [0.5, 0.6) is 5.75 Å². The van der Waals surface area contributed by atoms with E-state index in [0.717, 1.165) is 16.6 Å². The molecule has 128 valence electrons. The highest BCUT2D eigenvalue weighted by Gasteiger charge is 2.11. The standard InChI is InChI=1S/C20H14N2O3S/c23-19-16-8-2-1-7-15(16)17(21-22-19)12-13-5-3-6-14(11-13)25-20(24)18-9-4-10-26-18/h1-11H,12H2,(H,22,23). The van der Waals surface area contributed by atoms with Gasteiger partial charge in [-0.2, -0.15) is 5.10 Å². The zero-order valence-corrected chi connectivity index (χ0v) is 14.5. The predicted molar refractivity (Wildman–Crippen MR) is 101 cm³/mol. The van der Waals surface area contributed by atoms with Gasteiger partial charge in [0, 0.05) is 11.8 Å². The van der Waals surface area contributed by atoms with Gasteiger partial charge in [0.15, 0.2) is 0 Å². The quantitative estimate of drug-likeness (QED) is 0.443. The molecule has 0 atom stereocenters. The summed E-state index contributed by atoms with van der Waals surface area (Å²) in [5.41, 5.74) is 1.50. The van der Waals surface area contributed by atoms with Crippen LogP contribution in [0.3, 0.4) is 0 Å². The van der Waals surface area contributed by atoms with Crippen molar-refractivity contribution in [2.75, 3.05) is 0 Å². The van der Waals surface area contributed by atoms with E-state index in [-0.39, 0.29) is 11.5 Å². The van der Waals surface area contributed by atoms with E-state index in [9.17, 15) is 9.59 Å². The second kappa shape index (κ2) is 6.93. The highest BCUT2D eigenvalue weighted by Crippen LogP contribution is 2.21. The summed E-state index contributed by atoms with van der Waals surface area (Å²) in [7, 11) is 0. The van der Waals surface area contributed by atoms with E-state index in [1.807, 2.05) is 47.8 Å². The van der Waals surface area contributed by atoms with E-state index >= 15 is 0 Å². The Kier molecular flexibility index (Phi) is 4.33. The first-order chi connectivity index (χ1) is 12.7. The molecule has 5 nitrogen and oxygen atoms in total. The van der Waals surface area contributed by atoms with E-state index in [1.54, 1.807) is 18.2 Å². The molecule has 0 spiro atoms. The van der Waals surface area contributed by atoms with Crippen molar-refractivity contribution in [3.8, 4) is 5.75 Å². The smallest absolute Gasteiger partial charge is 0.353 e. The molecule has 2 aromatic carbocycles. The third kappa shape index (κ3) is 3.27. The van der Waals surface area contributed by atoms with Crippen LogP contribution in [-0.4, -0.2) is 16.2 Å². The predicted octanol–water partition coefficient (Wildman–Crippen LogP) is 3.79. The van der Waals surface area contributed by atoms with Gasteiger partial charge in [0.25, 0.3) is 5.56 Å². The van der Waals surface area contributed by atoms with Crippen LogP contribution in [0, 0.1) is 0 Å². The molecule has 0 aliphatic heterocycles. The minimum absolute atomic E-state index is 0.206. The van der Waals surface area contributed by atoms with Gasteiger partial charge in [-0.1, -0.05) is 36.4 Å². The molecule has 0 fully saturated rings.